The average molecular weight is 469 g/mol. The van der Waals surface area contributed by atoms with E-state index in [0.717, 1.165) is 48.1 Å². The lowest BCUT2D eigenvalue weighted by molar-refractivity contribution is -0.137. The van der Waals surface area contributed by atoms with Gasteiger partial charge in [-0.25, -0.2) is 4.98 Å². The minimum Gasteiger partial charge on any atom is -0.310 e. The molecule has 2 aromatic heterocycles. The molecule has 5 nitrogen and oxygen atoms in total. The maximum absolute atomic E-state index is 13.3. The number of hydrogen-bond acceptors (Lipinski definition) is 4. The SMILES string of the molecule is O=c1[nH]c(C2CCCCC2)nc2c1CN(Cc1ccc(-c3ccccc3C(F)(F)F)nc1)CC2. The van der Waals surface area contributed by atoms with Crippen molar-refractivity contribution in [2.45, 2.75) is 63.7 Å². The predicted molar refractivity (Wildman–Crippen MR) is 123 cm³/mol. The van der Waals surface area contributed by atoms with Gasteiger partial charge in [-0.15, -0.1) is 0 Å². The molecule has 1 N–H and O–H groups in total. The molecule has 0 bridgehead atoms. The van der Waals surface area contributed by atoms with Gasteiger partial charge in [0.2, 0.25) is 0 Å². The molecule has 3 aromatic rings. The van der Waals surface area contributed by atoms with Crippen molar-refractivity contribution in [2.75, 3.05) is 6.54 Å². The fourth-order valence-corrected chi connectivity index (χ4v) is 5.09. The number of halogens is 3. The summed E-state index contributed by atoms with van der Waals surface area (Å²) in [5.74, 6) is 1.20. The Balaban J connectivity index is 1.29. The van der Waals surface area contributed by atoms with Gasteiger partial charge >= 0.3 is 6.18 Å². The molecule has 1 aliphatic heterocycles. The van der Waals surface area contributed by atoms with Crippen molar-refractivity contribution in [1.82, 2.24) is 19.9 Å². The second-order valence-corrected chi connectivity index (χ2v) is 9.27. The van der Waals surface area contributed by atoms with Crippen LogP contribution < -0.4 is 5.56 Å². The topological polar surface area (TPSA) is 61.9 Å². The van der Waals surface area contributed by atoms with E-state index in [1.807, 2.05) is 0 Å². The summed E-state index contributed by atoms with van der Waals surface area (Å²) in [4.78, 5) is 27.1. The highest BCUT2D eigenvalue weighted by molar-refractivity contribution is 5.64. The summed E-state index contributed by atoms with van der Waals surface area (Å²) < 4.78 is 40.0. The van der Waals surface area contributed by atoms with Crippen LogP contribution in [0.5, 0.6) is 0 Å². The first kappa shape index (κ1) is 22.8. The van der Waals surface area contributed by atoms with Gasteiger partial charge in [-0.3, -0.25) is 14.7 Å². The van der Waals surface area contributed by atoms with Crippen molar-refractivity contribution in [2.24, 2.45) is 0 Å². The van der Waals surface area contributed by atoms with Crippen LogP contribution in [0.25, 0.3) is 11.3 Å². The zero-order valence-electron chi connectivity index (χ0n) is 18.9. The molecule has 2 aliphatic rings. The molecule has 0 radical (unpaired) electrons. The zero-order chi connectivity index (χ0) is 23.7. The van der Waals surface area contributed by atoms with Gasteiger partial charge in [-0.2, -0.15) is 13.2 Å². The second-order valence-electron chi connectivity index (χ2n) is 9.27. The highest BCUT2D eigenvalue weighted by atomic mass is 19.4. The fraction of sp³-hybridized carbons (Fsp3) is 0.423. The highest BCUT2D eigenvalue weighted by Gasteiger charge is 2.33. The minimum absolute atomic E-state index is 0.0486. The molecule has 8 heteroatoms. The normalized spacial score (nSPS) is 17.5. The number of rotatable bonds is 4. The van der Waals surface area contributed by atoms with Crippen molar-refractivity contribution in [3.8, 4) is 11.3 Å². The molecular formula is C26H27F3N4O. The molecular weight excluding hydrogens is 441 g/mol. The first-order valence-electron chi connectivity index (χ1n) is 11.8. The molecule has 0 saturated heterocycles. The third-order valence-corrected chi connectivity index (χ3v) is 6.90. The molecule has 178 valence electrons. The van der Waals surface area contributed by atoms with E-state index < -0.39 is 11.7 Å². The average Bonchev–Trinajstić information content (AvgIpc) is 2.85. The van der Waals surface area contributed by atoms with E-state index in [0.29, 0.717) is 25.4 Å². The van der Waals surface area contributed by atoms with Crippen LogP contribution in [0, 0.1) is 0 Å². The van der Waals surface area contributed by atoms with Crippen LogP contribution in [0.4, 0.5) is 13.2 Å². The van der Waals surface area contributed by atoms with E-state index in [1.54, 1.807) is 24.4 Å². The van der Waals surface area contributed by atoms with Crippen LogP contribution >= 0.6 is 0 Å². The Morgan fingerprint density at radius 1 is 1.06 bits per heavy atom. The number of H-pyrrole nitrogens is 1. The second kappa shape index (κ2) is 9.33. The molecule has 0 atom stereocenters. The summed E-state index contributed by atoms with van der Waals surface area (Å²) in [7, 11) is 0. The lowest BCUT2D eigenvalue weighted by atomic mass is 9.88. The van der Waals surface area contributed by atoms with Gasteiger partial charge in [0, 0.05) is 43.7 Å². The molecule has 0 spiro atoms. The van der Waals surface area contributed by atoms with Crippen molar-refractivity contribution in [3.05, 3.63) is 81.2 Å². The Bertz CT molecular complexity index is 1210. The summed E-state index contributed by atoms with van der Waals surface area (Å²) in [6.45, 7) is 1.84. The number of nitrogens with one attached hydrogen (secondary N) is 1. The van der Waals surface area contributed by atoms with E-state index in [1.165, 1.54) is 31.4 Å². The number of pyridine rings is 1. The minimum atomic E-state index is -4.43. The third-order valence-electron chi connectivity index (χ3n) is 6.90. The van der Waals surface area contributed by atoms with Gasteiger partial charge in [-0.05, 0) is 30.5 Å². The Hall–Kier alpha value is -3.00. The first-order chi connectivity index (χ1) is 16.4. The van der Waals surface area contributed by atoms with Crippen LogP contribution in [0.15, 0.2) is 47.4 Å². The number of alkyl halides is 3. The summed E-state index contributed by atoms with van der Waals surface area (Å²) >= 11 is 0. The van der Waals surface area contributed by atoms with Crippen molar-refractivity contribution < 1.29 is 13.2 Å². The Morgan fingerprint density at radius 2 is 1.85 bits per heavy atom. The number of nitrogens with zero attached hydrogens (tertiary/aromatic N) is 3. The van der Waals surface area contributed by atoms with E-state index in [4.69, 9.17) is 4.98 Å². The van der Waals surface area contributed by atoms with Crippen LogP contribution in [-0.4, -0.2) is 26.4 Å². The summed E-state index contributed by atoms with van der Waals surface area (Å²) in [5, 5.41) is 0. The fourth-order valence-electron chi connectivity index (χ4n) is 5.09. The number of fused-ring (bicyclic) bond motifs is 1. The zero-order valence-corrected chi connectivity index (χ0v) is 18.9. The third kappa shape index (κ3) is 4.78. The van der Waals surface area contributed by atoms with Crippen LogP contribution in [0.2, 0.25) is 0 Å². The number of hydrogen-bond donors (Lipinski definition) is 1. The van der Waals surface area contributed by atoms with E-state index in [9.17, 15) is 18.0 Å². The molecule has 3 heterocycles. The molecule has 0 amide bonds. The smallest absolute Gasteiger partial charge is 0.310 e. The van der Waals surface area contributed by atoms with Gasteiger partial charge in [-0.1, -0.05) is 43.5 Å². The molecule has 1 saturated carbocycles. The number of aromatic amines is 1. The van der Waals surface area contributed by atoms with Crippen LogP contribution in [-0.2, 0) is 25.7 Å². The van der Waals surface area contributed by atoms with Crippen molar-refractivity contribution in [1.29, 1.82) is 0 Å². The lowest BCUT2D eigenvalue weighted by Gasteiger charge is -2.29. The summed E-state index contributed by atoms with van der Waals surface area (Å²) in [5.41, 5.74) is 2.12. The molecule has 1 aliphatic carbocycles. The monoisotopic (exact) mass is 468 g/mol. The standard InChI is InChI=1S/C26H27F3N4O/c27-26(28,29)21-9-5-4-8-19(21)22-11-10-17(14-30-22)15-33-13-12-23-20(16-33)25(34)32-24(31-23)18-6-2-1-3-7-18/h4-5,8-11,14,18H,1-3,6-7,12-13,15-16H2,(H,31,32,34). The van der Waals surface area contributed by atoms with Gasteiger partial charge in [0.1, 0.15) is 5.82 Å². The van der Waals surface area contributed by atoms with Gasteiger partial charge in [0.05, 0.1) is 22.5 Å². The number of aromatic nitrogens is 3. The molecule has 1 fully saturated rings. The molecule has 34 heavy (non-hydrogen) atoms. The predicted octanol–water partition coefficient (Wildman–Crippen LogP) is 5.46. The molecule has 5 rings (SSSR count). The quantitative estimate of drug-likeness (QED) is 0.553. The Labute approximate surface area is 196 Å². The van der Waals surface area contributed by atoms with E-state index in [2.05, 4.69) is 14.9 Å². The molecule has 0 unspecified atom stereocenters. The maximum atomic E-state index is 13.3. The van der Waals surface area contributed by atoms with Gasteiger partial charge in [0.15, 0.2) is 0 Å². The van der Waals surface area contributed by atoms with Crippen molar-refractivity contribution >= 4 is 0 Å². The summed E-state index contributed by atoms with van der Waals surface area (Å²) in [6.07, 6.45) is 3.70. The van der Waals surface area contributed by atoms with E-state index in [-0.39, 0.29) is 16.8 Å². The van der Waals surface area contributed by atoms with Crippen molar-refractivity contribution in [3.63, 3.8) is 0 Å². The van der Waals surface area contributed by atoms with E-state index >= 15 is 0 Å². The number of benzene rings is 1. The Morgan fingerprint density at radius 3 is 2.59 bits per heavy atom. The van der Waals surface area contributed by atoms with Crippen LogP contribution in [0.1, 0.15) is 66.2 Å². The lowest BCUT2D eigenvalue weighted by Crippen LogP contribution is -2.36. The Kier molecular flexibility index (Phi) is 6.25. The first-order valence-corrected chi connectivity index (χ1v) is 11.8. The van der Waals surface area contributed by atoms with Gasteiger partial charge < -0.3 is 4.98 Å². The highest BCUT2D eigenvalue weighted by Crippen LogP contribution is 2.36. The van der Waals surface area contributed by atoms with Crippen LogP contribution in [0.3, 0.4) is 0 Å². The molecule has 1 aromatic carbocycles. The largest absolute Gasteiger partial charge is 0.417 e. The summed E-state index contributed by atoms with van der Waals surface area (Å²) in [6, 6.07) is 8.90. The van der Waals surface area contributed by atoms with Gasteiger partial charge in [0.25, 0.3) is 5.56 Å². The maximum Gasteiger partial charge on any atom is 0.417 e.